The molecule has 0 spiro atoms. The van der Waals surface area contributed by atoms with Crippen LogP contribution in [0.2, 0.25) is 0 Å². The number of para-hydroxylation sites is 1. The first-order valence-electron chi connectivity index (χ1n) is 5.89. The van der Waals surface area contributed by atoms with Crippen LogP contribution in [-0.4, -0.2) is 43.2 Å². The predicted octanol–water partition coefficient (Wildman–Crippen LogP) is 1.47. The Bertz CT molecular complexity index is 683. The van der Waals surface area contributed by atoms with Gasteiger partial charge in [0, 0.05) is 39.3 Å². The Labute approximate surface area is 113 Å². The lowest BCUT2D eigenvalue weighted by molar-refractivity contribution is 0.414. The second-order valence-corrected chi connectivity index (χ2v) is 6.83. The molecule has 6 heteroatoms. The van der Waals surface area contributed by atoms with E-state index in [0.29, 0.717) is 6.54 Å². The first-order chi connectivity index (χ1) is 8.91. The maximum atomic E-state index is 11.9. The van der Waals surface area contributed by atoms with Crippen molar-refractivity contribution in [1.29, 1.82) is 0 Å². The highest BCUT2D eigenvalue weighted by Crippen LogP contribution is 2.15. The van der Waals surface area contributed by atoms with Gasteiger partial charge in [0.15, 0.2) is 0 Å². The van der Waals surface area contributed by atoms with E-state index < -0.39 is 10.2 Å². The lowest BCUT2D eigenvalue weighted by atomic mass is 10.1. The van der Waals surface area contributed by atoms with Gasteiger partial charge in [0.25, 0.3) is 10.2 Å². The molecule has 0 aliphatic rings. The minimum atomic E-state index is -3.39. The van der Waals surface area contributed by atoms with Crippen molar-refractivity contribution in [3.8, 4) is 0 Å². The Morgan fingerprint density at radius 2 is 1.84 bits per heavy atom. The minimum Gasteiger partial charge on any atom is -0.256 e. The molecular weight excluding hydrogens is 262 g/mol. The Hall–Kier alpha value is -1.50. The molecule has 0 bridgehead atoms. The van der Waals surface area contributed by atoms with Gasteiger partial charge in [0.05, 0.1) is 5.52 Å². The van der Waals surface area contributed by atoms with Crippen LogP contribution >= 0.6 is 0 Å². The second-order valence-electron chi connectivity index (χ2n) is 4.58. The van der Waals surface area contributed by atoms with E-state index in [-0.39, 0.29) is 0 Å². The van der Waals surface area contributed by atoms with Crippen molar-refractivity contribution >= 4 is 21.1 Å². The number of pyridine rings is 1. The van der Waals surface area contributed by atoms with Crippen molar-refractivity contribution in [2.45, 2.75) is 6.54 Å². The molecule has 1 aromatic heterocycles. The third kappa shape index (κ3) is 2.91. The molecule has 5 nitrogen and oxygen atoms in total. The predicted molar refractivity (Wildman–Crippen MR) is 75.8 cm³/mol. The van der Waals surface area contributed by atoms with E-state index in [9.17, 15) is 8.42 Å². The van der Waals surface area contributed by atoms with Gasteiger partial charge in [-0.05, 0) is 17.7 Å². The lowest BCUT2D eigenvalue weighted by Gasteiger charge is -2.21. The summed E-state index contributed by atoms with van der Waals surface area (Å²) in [6, 6.07) is 9.72. The van der Waals surface area contributed by atoms with Gasteiger partial charge < -0.3 is 0 Å². The molecule has 19 heavy (non-hydrogen) atoms. The van der Waals surface area contributed by atoms with E-state index >= 15 is 0 Å². The van der Waals surface area contributed by atoms with Crippen LogP contribution in [0.5, 0.6) is 0 Å². The van der Waals surface area contributed by atoms with Gasteiger partial charge in [-0.2, -0.15) is 17.0 Å². The van der Waals surface area contributed by atoms with Crippen molar-refractivity contribution in [2.75, 3.05) is 21.1 Å². The standard InChI is InChI=1S/C13H17N3O2S/c1-15(2)19(17,18)16(3)10-11-8-12-6-4-5-7-13(12)14-9-11/h4-9H,10H2,1-3H3. The molecule has 2 rings (SSSR count). The summed E-state index contributed by atoms with van der Waals surface area (Å²) in [6.07, 6.45) is 1.71. The van der Waals surface area contributed by atoms with Crippen molar-refractivity contribution in [3.63, 3.8) is 0 Å². The first-order valence-corrected chi connectivity index (χ1v) is 7.28. The molecule has 0 radical (unpaired) electrons. The molecule has 102 valence electrons. The third-order valence-electron chi connectivity index (χ3n) is 2.91. The molecule has 0 saturated carbocycles. The smallest absolute Gasteiger partial charge is 0.256 e. The fourth-order valence-corrected chi connectivity index (χ4v) is 2.69. The average Bonchev–Trinajstić information content (AvgIpc) is 2.38. The van der Waals surface area contributed by atoms with E-state index in [1.165, 1.54) is 22.7 Å². The van der Waals surface area contributed by atoms with Crippen molar-refractivity contribution in [1.82, 2.24) is 13.6 Å². The van der Waals surface area contributed by atoms with Crippen molar-refractivity contribution in [2.24, 2.45) is 0 Å². The lowest BCUT2D eigenvalue weighted by Crippen LogP contribution is -2.36. The molecule has 0 N–H and O–H groups in total. The van der Waals surface area contributed by atoms with Crippen LogP contribution in [0.25, 0.3) is 10.9 Å². The summed E-state index contributed by atoms with van der Waals surface area (Å²) in [6.45, 7) is 0.304. The summed E-state index contributed by atoms with van der Waals surface area (Å²) in [5.74, 6) is 0. The number of hydrogen-bond acceptors (Lipinski definition) is 3. The normalized spacial score (nSPS) is 12.5. The highest BCUT2D eigenvalue weighted by molar-refractivity contribution is 7.86. The quantitative estimate of drug-likeness (QED) is 0.851. The van der Waals surface area contributed by atoms with E-state index in [2.05, 4.69) is 4.98 Å². The van der Waals surface area contributed by atoms with E-state index in [1.54, 1.807) is 13.2 Å². The number of rotatable bonds is 4. The summed E-state index contributed by atoms with van der Waals surface area (Å²) in [7, 11) is 1.21. The minimum absolute atomic E-state index is 0.304. The van der Waals surface area contributed by atoms with Gasteiger partial charge in [-0.25, -0.2) is 0 Å². The van der Waals surface area contributed by atoms with Gasteiger partial charge >= 0.3 is 0 Å². The molecule has 0 aliphatic heterocycles. The van der Waals surface area contributed by atoms with E-state index in [4.69, 9.17) is 0 Å². The number of benzene rings is 1. The van der Waals surface area contributed by atoms with Crippen LogP contribution in [-0.2, 0) is 16.8 Å². The van der Waals surface area contributed by atoms with Crippen LogP contribution in [0.1, 0.15) is 5.56 Å². The Morgan fingerprint density at radius 3 is 2.53 bits per heavy atom. The van der Waals surface area contributed by atoms with Crippen LogP contribution in [0.4, 0.5) is 0 Å². The molecular formula is C13H17N3O2S. The summed E-state index contributed by atoms with van der Waals surface area (Å²) >= 11 is 0. The molecule has 2 aromatic rings. The topological polar surface area (TPSA) is 53.5 Å². The van der Waals surface area contributed by atoms with Crippen molar-refractivity contribution in [3.05, 3.63) is 42.1 Å². The summed E-state index contributed by atoms with van der Waals surface area (Å²) < 4.78 is 26.4. The molecule has 1 aromatic carbocycles. The van der Waals surface area contributed by atoms with Crippen LogP contribution in [0.15, 0.2) is 36.5 Å². The zero-order valence-electron chi connectivity index (χ0n) is 11.2. The fourth-order valence-electron chi connectivity index (χ4n) is 1.82. The monoisotopic (exact) mass is 279 g/mol. The molecule has 0 unspecified atom stereocenters. The summed E-state index contributed by atoms with van der Waals surface area (Å²) in [5, 5.41) is 1.01. The molecule has 0 atom stereocenters. The fraction of sp³-hybridized carbons (Fsp3) is 0.308. The number of hydrogen-bond donors (Lipinski definition) is 0. The SMILES string of the molecule is CN(C)S(=O)(=O)N(C)Cc1cnc2ccccc2c1. The summed E-state index contributed by atoms with van der Waals surface area (Å²) in [5.41, 5.74) is 1.77. The summed E-state index contributed by atoms with van der Waals surface area (Å²) in [4.78, 5) is 4.33. The Morgan fingerprint density at radius 1 is 1.16 bits per heavy atom. The molecule has 0 fully saturated rings. The van der Waals surface area contributed by atoms with Gasteiger partial charge in [-0.3, -0.25) is 4.98 Å². The van der Waals surface area contributed by atoms with Gasteiger partial charge in [0.1, 0.15) is 0 Å². The van der Waals surface area contributed by atoms with Crippen molar-refractivity contribution < 1.29 is 8.42 Å². The molecule has 0 amide bonds. The number of aromatic nitrogens is 1. The van der Waals surface area contributed by atoms with Crippen LogP contribution in [0.3, 0.4) is 0 Å². The van der Waals surface area contributed by atoms with Gasteiger partial charge in [-0.15, -0.1) is 0 Å². The molecule has 1 heterocycles. The zero-order chi connectivity index (χ0) is 14.0. The Kier molecular flexibility index (Phi) is 3.84. The van der Waals surface area contributed by atoms with E-state index in [0.717, 1.165) is 16.5 Å². The highest BCUT2D eigenvalue weighted by atomic mass is 32.2. The van der Waals surface area contributed by atoms with Gasteiger partial charge in [-0.1, -0.05) is 18.2 Å². The van der Waals surface area contributed by atoms with Gasteiger partial charge in [0.2, 0.25) is 0 Å². The number of nitrogens with zero attached hydrogens (tertiary/aromatic N) is 3. The maximum Gasteiger partial charge on any atom is 0.281 e. The third-order valence-corrected chi connectivity index (χ3v) is 4.75. The van der Waals surface area contributed by atoms with Crippen LogP contribution in [0, 0.1) is 0 Å². The highest BCUT2D eigenvalue weighted by Gasteiger charge is 2.20. The maximum absolute atomic E-state index is 11.9. The largest absolute Gasteiger partial charge is 0.281 e. The zero-order valence-corrected chi connectivity index (χ0v) is 12.1. The van der Waals surface area contributed by atoms with Crippen LogP contribution < -0.4 is 0 Å². The number of fused-ring (bicyclic) bond motifs is 1. The first kappa shape index (κ1) is 13.9. The molecule has 0 saturated heterocycles. The van der Waals surface area contributed by atoms with E-state index in [1.807, 2.05) is 30.3 Å². The Balaban J connectivity index is 2.27. The average molecular weight is 279 g/mol. The molecule has 0 aliphatic carbocycles. The second kappa shape index (κ2) is 5.24.